The largest absolute Gasteiger partial charge is 0.360 e. The van der Waals surface area contributed by atoms with Crippen molar-refractivity contribution >= 4 is 23.0 Å². The van der Waals surface area contributed by atoms with Crippen LogP contribution in [-0.2, 0) is 0 Å². The molecule has 1 N–H and O–H groups in total. The highest BCUT2D eigenvalue weighted by Gasteiger charge is 2.19. The topological polar surface area (TPSA) is 24.4 Å². The van der Waals surface area contributed by atoms with Gasteiger partial charge in [0.2, 0.25) is 0 Å². The molecule has 0 aromatic heterocycles. The van der Waals surface area contributed by atoms with Gasteiger partial charge in [0.25, 0.3) is 0 Å². The van der Waals surface area contributed by atoms with Crippen LogP contribution >= 0.6 is 11.6 Å². The Hall–Kier alpha value is -4.40. The molecule has 37 heavy (non-hydrogen) atoms. The molecule has 1 aliphatic rings. The smallest absolute Gasteiger partial charge is 0.145 e. The molecule has 1 heterocycles. The maximum atomic E-state index is 6.21. The Bertz CT molecular complexity index is 1570. The van der Waals surface area contributed by atoms with E-state index >= 15 is 0 Å². The second kappa shape index (κ2) is 10.3. The quantitative estimate of drug-likeness (QED) is 0.258. The van der Waals surface area contributed by atoms with E-state index in [9.17, 15) is 0 Å². The molecule has 0 saturated carbocycles. The minimum Gasteiger partial charge on any atom is -0.360 e. The summed E-state index contributed by atoms with van der Waals surface area (Å²) in [5, 5.41) is 4.38. The summed E-state index contributed by atoms with van der Waals surface area (Å²) in [6.45, 7) is 0. The molecule has 0 fully saturated rings. The van der Waals surface area contributed by atoms with E-state index in [1.54, 1.807) is 0 Å². The first kappa shape index (κ1) is 23.0. The van der Waals surface area contributed by atoms with Crippen LogP contribution in [0.5, 0.6) is 0 Å². The van der Waals surface area contributed by atoms with Gasteiger partial charge in [-0.2, -0.15) is 0 Å². The van der Waals surface area contributed by atoms with E-state index in [4.69, 9.17) is 16.6 Å². The first-order valence-electron chi connectivity index (χ1n) is 12.4. The fourth-order valence-electron chi connectivity index (χ4n) is 4.63. The predicted molar refractivity (Wildman–Crippen MR) is 156 cm³/mol. The van der Waals surface area contributed by atoms with E-state index < -0.39 is 0 Å². The lowest BCUT2D eigenvalue weighted by Gasteiger charge is -2.25. The monoisotopic (exact) mass is 496 g/mol. The Morgan fingerprint density at radius 2 is 1.05 bits per heavy atom. The maximum absolute atomic E-state index is 6.21. The van der Waals surface area contributed by atoms with Crippen LogP contribution in [0.15, 0.2) is 145 Å². The van der Waals surface area contributed by atoms with Gasteiger partial charge < -0.3 is 5.32 Å². The van der Waals surface area contributed by atoms with Gasteiger partial charge >= 0.3 is 0 Å². The van der Waals surface area contributed by atoms with Crippen molar-refractivity contribution in [3.63, 3.8) is 0 Å². The molecular formula is C34H25ClN2. The fourth-order valence-corrected chi connectivity index (χ4v) is 4.82. The number of aliphatic imine (C=N–C) groups is 1. The van der Waals surface area contributed by atoms with Crippen LogP contribution in [0.3, 0.4) is 0 Å². The average Bonchev–Trinajstić information content (AvgIpc) is 2.98. The molecule has 5 aromatic carbocycles. The Kier molecular flexibility index (Phi) is 6.41. The molecule has 6 rings (SSSR count). The zero-order chi connectivity index (χ0) is 25.0. The number of hydrogen-bond acceptors (Lipinski definition) is 2. The third-order valence-corrected chi connectivity index (χ3v) is 6.83. The van der Waals surface area contributed by atoms with Crippen LogP contribution in [0.4, 0.5) is 0 Å². The molecule has 0 aliphatic carbocycles. The second-order valence-electron chi connectivity index (χ2n) is 9.06. The Morgan fingerprint density at radius 1 is 0.514 bits per heavy atom. The first-order chi connectivity index (χ1) is 18.2. The Labute approximate surface area is 222 Å². The summed E-state index contributed by atoms with van der Waals surface area (Å²) in [6.07, 6.45) is 1.98. The fraction of sp³-hybridized carbons (Fsp3) is 0.0294. The number of allylic oxidation sites excluding steroid dienone is 1. The van der Waals surface area contributed by atoms with E-state index in [2.05, 4.69) is 115 Å². The van der Waals surface area contributed by atoms with Crippen LogP contribution in [0, 0.1) is 0 Å². The lowest BCUT2D eigenvalue weighted by Crippen LogP contribution is -2.24. The van der Waals surface area contributed by atoms with Crippen LogP contribution in [0.2, 0.25) is 5.02 Å². The molecule has 1 aliphatic heterocycles. The molecule has 3 heteroatoms. The number of halogens is 1. The molecule has 178 valence electrons. The molecule has 0 radical (unpaired) electrons. The zero-order valence-corrected chi connectivity index (χ0v) is 20.9. The van der Waals surface area contributed by atoms with Crippen LogP contribution in [0.1, 0.15) is 22.9 Å². The molecule has 1 unspecified atom stereocenters. The highest BCUT2D eigenvalue weighted by Crippen LogP contribution is 2.29. The minimum atomic E-state index is -0.169. The average molecular weight is 497 g/mol. The summed E-state index contributed by atoms with van der Waals surface area (Å²) in [6, 6.07) is 46.0. The summed E-state index contributed by atoms with van der Waals surface area (Å²) in [5.74, 6) is 0. The Balaban J connectivity index is 1.35. The van der Waals surface area contributed by atoms with Crippen molar-refractivity contribution < 1.29 is 0 Å². The van der Waals surface area contributed by atoms with E-state index in [-0.39, 0.29) is 6.17 Å². The molecule has 2 nitrogen and oxygen atoms in total. The van der Waals surface area contributed by atoms with Gasteiger partial charge in [0, 0.05) is 10.7 Å². The summed E-state index contributed by atoms with van der Waals surface area (Å²) >= 11 is 6.21. The molecule has 0 saturated heterocycles. The second-order valence-corrected chi connectivity index (χ2v) is 9.50. The van der Waals surface area contributed by atoms with Crippen molar-refractivity contribution in [2.75, 3.05) is 0 Å². The summed E-state index contributed by atoms with van der Waals surface area (Å²) in [5.41, 5.74) is 9.97. The van der Waals surface area contributed by atoms with Gasteiger partial charge in [-0.3, -0.25) is 4.99 Å². The predicted octanol–water partition coefficient (Wildman–Crippen LogP) is 8.81. The highest BCUT2D eigenvalue weighted by atomic mass is 35.5. The number of hydrogen-bond donors (Lipinski definition) is 1. The molecule has 0 amide bonds. The number of rotatable bonds is 5. The van der Waals surface area contributed by atoms with Crippen LogP contribution in [0.25, 0.3) is 28.0 Å². The minimum absolute atomic E-state index is 0.169. The van der Waals surface area contributed by atoms with Gasteiger partial charge in [-0.1, -0.05) is 133 Å². The normalized spacial score (nSPS) is 14.9. The van der Waals surface area contributed by atoms with Gasteiger partial charge in [-0.15, -0.1) is 0 Å². The Morgan fingerprint density at radius 3 is 1.73 bits per heavy atom. The number of benzene rings is 5. The number of nitrogens with zero attached hydrogens (tertiary/aromatic N) is 1. The van der Waals surface area contributed by atoms with Gasteiger partial charge in [0.1, 0.15) is 6.17 Å². The summed E-state index contributed by atoms with van der Waals surface area (Å²) < 4.78 is 0. The van der Waals surface area contributed by atoms with E-state index in [1.165, 1.54) is 11.1 Å². The summed E-state index contributed by atoms with van der Waals surface area (Å²) in [4.78, 5) is 5.09. The van der Waals surface area contributed by atoms with Crippen molar-refractivity contribution in [2.45, 2.75) is 6.17 Å². The standard InChI is InChI=1S/C34H25ClN2/c35-31-13-7-12-30(22-31)26-16-20-28(21-17-26)33-23-32(36-34(37-33)29-10-5-2-6-11-29)27-18-14-25(15-19-27)24-8-3-1-4-9-24/h1-23,34,37H. The third-order valence-electron chi connectivity index (χ3n) is 6.60. The third kappa shape index (κ3) is 5.11. The van der Waals surface area contributed by atoms with E-state index in [1.807, 2.05) is 30.3 Å². The molecular weight excluding hydrogens is 472 g/mol. The van der Waals surface area contributed by atoms with Gasteiger partial charge in [-0.05, 0) is 57.2 Å². The van der Waals surface area contributed by atoms with E-state index in [0.29, 0.717) is 0 Å². The lowest BCUT2D eigenvalue weighted by molar-refractivity contribution is 0.664. The molecule has 0 spiro atoms. The van der Waals surface area contributed by atoms with Crippen molar-refractivity contribution in [3.05, 3.63) is 161 Å². The van der Waals surface area contributed by atoms with Crippen LogP contribution < -0.4 is 5.32 Å². The SMILES string of the molecule is Clc1cccc(-c2ccc(C3=CC(c4ccc(-c5ccccc5)cc4)=NC(c4ccccc4)N3)cc2)c1. The molecule has 1 atom stereocenters. The van der Waals surface area contributed by atoms with Gasteiger partial charge in [0.15, 0.2) is 0 Å². The highest BCUT2D eigenvalue weighted by molar-refractivity contribution is 6.30. The van der Waals surface area contributed by atoms with Gasteiger partial charge in [0.05, 0.1) is 5.71 Å². The summed E-state index contributed by atoms with van der Waals surface area (Å²) in [7, 11) is 0. The van der Waals surface area contributed by atoms with Crippen molar-refractivity contribution in [1.82, 2.24) is 5.32 Å². The van der Waals surface area contributed by atoms with Crippen molar-refractivity contribution in [1.29, 1.82) is 0 Å². The van der Waals surface area contributed by atoms with Crippen LogP contribution in [-0.4, -0.2) is 5.71 Å². The molecule has 0 bridgehead atoms. The lowest BCUT2D eigenvalue weighted by atomic mass is 9.98. The number of nitrogens with one attached hydrogen (secondary N) is 1. The first-order valence-corrected chi connectivity index (χ1v) is 12.7. The zero-order valence-electron chi connectivity index (χ0n) is 20.2. The van der Waals surface area contributed by atoms with Crippen molar-refractivity contribution in [3.8, 4) is 22.3 Å². The van der Waals surface area contributed by atoms with Crippen molar-refractivity contribution in [2.24, 2.45) is 4.99 Å². The van der Waals surface area contributed by atoms with E-state index in [0.717, 1.165) is 44.2 Å². The molecule has 5 aromatic rings. The van der Waals surface area contributed by atoms with Gasteiger partial charge in [-0.25, -0.2) is 0 Å². The maximum Gasteiger partial charge on any atom is 0.145 e.